The van der Waals surface area contributed by atoms with Crippen molar-refractivity contribution in [3.63, 3.8) is 0 Å². The van der Waals surface area contributed by atoms with Gasteiger partial charge in [0.2, 0.25) is 5.28 Å². The molecule has 0 aliphatic carbocycles. The topological polar surface area (TPSA) is 80.5 Å². The largest absolute Gasteiger partial charge is 0.329 e. The van der Waals surface area contributed by atoms with Crippen LogP contribution in [0.25, 0.3) is 27.8 Å². The number of fused-ring (bicyclic) bond motifs is 3. The molecule has 0 aliphatic rings. The molecule has 0 bridgehead atoms. The van der Waals surface area contributed by atoms with Crippen LogP contribution in [0.5, 0.6) is 0 Å². The molecule has 7 nitrogen and oxygen atoms in total. The van der Waals surface area contributed by atoms with Crippen molar-refractivity contribution in [1.29, 1.82) is 0 Å². The summed E-state index contributed by atoms with van der Waals surface area (Å²) >= 11 is 6.24. The van der Waals surface area contributed by atoms with E-state index in [1.807, 2.05) is 72.6 Å². The molecule has 2 aromatic heterocycles. The lowest BCUT2D eigenvalue weighted by molar-refractivity contribution is 0.587. The van der Waals surface area contributed by atoms with E-state index >= 15 is 0 Å². The van der Waals surface area contributed by atoms with Crippen LogP contribution in [0.1, 0.15) is 13.8 Å². The Bertz CT molecular complexity index is 1630. The number of benzene rings is 3. The van der Waals surface area contributed by atoms with Gasteiger partial charge in [0.05, 0.1) is 15.7 Å². The lowest BCUT2D eigenvalue weighted by Gasteiger charge is -2.21. The minimum absolute atomic E-state index is 0.262. The Morgan fingerprint density at radius 2 is 1.65 bits per heavy atom. The van der Waals surface area contributed by atoms with Crippen molar-refractivity contribution in [3.8, 4) is 11.1 Å². The summed E-state index contributed by atoms with van der Waals surface area (Å²) in [6.07, 6.45) is 0. The minimum atomic E-state index is -3.31. The van der Waals surface area contributed by atoms with Crippen LogP contribution in [-0.2, 0) is 9.84 Å². The summed E-state index contributed by atoms with van der Waals surface area (Å²) in [5.41, 5.74) is 3.68. The first-order valence-electron chi connectivity index (χ1n) is 10.7. The van der Waals surface area contributed by atoms with E-state index in [9.17, 15) is 8.42 Å². The van der Waals surface area contributed by atoms with Gasteiger partial charge in [-0.05, 0) is 73.0 Å². The number of aromatic nitrogens is 4. The molecule has 2 heterocycles. The van der Waals surface area contributed by atoms with Crippen LogP contribution < -0.4 is 4.90 Å². The number of rotatable bonds is 5. The number of hydrogen-bond acceptors (Lipinski definition) is 6. The molecule has 0 saturated heterocycles. The molecule has 0 N–H and O–H groups in total. The number of sulfone groups is 1. The maximum Gasteiger partial charge on any atom is 0.258 e. The van der Waals surface area contributed by atoms with Gasteiger partial charge in [-0.25, -0.2) is 12.8 Å². The first-order chi connectivity index (χ1) is 16.3. The summed E-state index contributed by atoms with van der Waals surface area (Å²) in [6, 6.07) is 22.9. The SMILES string of the molecule is CC(C)S(=O)(=O)c1ccc(-c2cccc(N(C)c3nc4nnc(Cl)n4c4ccccc34)c2)cc1. The number of hydrogen-bond donors (Lipinski definition) is 0. The lowest BCUT2D eigenvalue weighted by atomic mass is 10.0. The van der Waals surface area contributed by atoms with E-state index < -0.39 is 15.1 Å². The third kappa shape index (κ3) is 3.69. The van der Waals surface area contributed by atoms with Crippen molar-refractivity contribution >= 4 is 49.6 Å². The quantitative estimate of drug-likeness (QED) is 0.321. The van der Waals surface area contributed by atoms with E-state index in [0.717, 1.165) is 33.5 Å². The summed E-state index contributed by atoms with van der Waals surface area (Å²) in [4.78, 5) is 7.04. The van der Waals surface area contributed by atoms with Gasteiger partial charge in [0.25, 0.3) is 5.78 Å². The molecule has 0 fully saturated rings. The Labute approximate surface area is 202 Å². The third-order valence-electron chi connectivity index (χ3n) is 5.89. The second-order valence-corrected chi connectivity index (χ2v) is 11.1. The highest BCUT2D eigenvalue weighted by Gasteiger charge is 2.19. The molecular weight excluding hydrogens is 470 g/mol. The molecule has 0 spiro atoms. The van der Waals surface area contributed by atoms with Crippen LogP contribution in [0, 0.1) is 0 Å². The predicted octanol–water partition coefficient (Wildman–Crippen LogP) is 5.55. The van der Waals surface area contributed by atoms with E-state index in [-0.39, 0.29) is 5.28 Å². The highest BCUT2D eigenvalue weighted by molar-refractivity contribution is 7.92. The minimum Gasteiger partial charge on any atom is -0.329 e. The molecule has 0 radical (unpaired) electrons. The van der Waals surface area contributed by atoms with Crippen molar-refractivity contribution in [2.75, 3.05) is 11.9 Å². The number of anilines is 2. The maximum atomic E-state index is 12.4. The van der Waals surface area contributed by atoms with Crippen LogP contribution >= 0.6 is 11.6 Å². The Morgan fingerprint density at radius 1 is 0.912 bits per heavy atom. The second kappa shape index (κ2) is 8.38. The van der Waals surface area contributed by atoms with Gasteiger partial charge >= 0.3 is 0 Å². The van der Waals surface area contributed by atoms with Crippen LogP contribution in [0.15, 0.2) is 77.7 Å². The third-order valence-corrected chi connectivity index (χ3v) is 8.30. The van der Waals surface area contributed by atoms with E-state index in [1.54, 1.807) is 30.4 Å². The second-order valence-electron chi connectivity index (χ2n) is 8.28. The Morgan fingerprint density at radius 3 is 2.38 bits per heavy atom. The molecule has 3 aromatic carbocycles. The monoisotopic (exact) mass is 491 g/mol. The van der Waals surface area contributed by atoms with Crippen molar-refractivity contribution in [1.82, 2.24) is 19.6 Å². The maximum absolute atomic E-state index is 12.4. The average molecular weight is 492 g/mol. The fourth-order valence-corrected chi connectivity index (χ4v) is 5.20. The first-order valence-corrected chi connectivity index (χ1v) is 12.7. The van der Waals surface area contributed by atoms with Gasteiger partial charge < -0.3 is 4.90 Å². The molecule has 5 aromatic rings. The van der Waals surface area contributed by atoms with Gasteiger partial charge in [0, 0.05) is 18.1 Å². The van der Waals surface area contributed by atoms with Crippen LogP contribution in [0.4, 0.5) is 11.5 Å². The van der Waals surface area contributed by atoms with Crippen molar-refractivity contribution in [2.24, 2.45) is 0 Å². The summed E-state index contributed by atoms with van der Waals surface area (Å²) in [5.74, 6) is 1.14. The summed E-state index contributed by atoms with van der Waals surface area (Å²) in [6.45, 7) is 3.37. The molecule has 0 unspecified atom stereocenters. The van der Waals surface area contributed by atoms with Crippen LogP contribution in [-0.4, -0.2) is 40.3 Å². The molecule has 0 atom stereocenters. The summed E-state index contributed by atoms with van der Waals surface area (Å²) < 4.78 is 26.6. The van der Waals surface area contributed by atoms with Gasteiger partial charge in [-0.1, -0.05) is 36.4 Å². The standard InChI is InChI=1S/C25H22ClN5O2S/c1-16(2)34(32,33)20-13-11-17(12-14-20)18-7-6-8-19(15-18)30(3)23-21-9-4-5-10-22(21)31-24(26)28-29-25(31)27-23/h4-16H,1-3H3. The molecule has 34 heavy (non-hydrogen) atoms. The molecule has 0 aliphatic heterocycles. The molecule has 5 rings (SSSR count). The van der Waals surface area contributed by atoms with Gasteiger partial charge in [-0.3, -0.25) is 0 Å². The van der Waals surface area contributed by atoms with Gasteiger partial charge in [0.15, 0.2) is 9.84 Å². The predicted molar refractivity (Wildman–Crippen MR) is 136 cm³/mol. The highest BCUT2D eigenvalue weighted by Crippen LogP contribution is 2.33. The number of nitrogens with zero attached hydrogens (tertiary/aromatic N) is 5. The van der Waals surface area contributed by atoms with E-state index in [2.05, 4.69) is 10.2 Å². The van der Waals surface area contributed by atoms with Gasteiger partial charge in [-0.15, -0.1) is 10.2 Å². The fourth-order valence-electron chi connectivity index (χ4n) is 3.93. The molecule has 9 heteroatoms. The zero-order valence-electron chi connectivity index (χ0n) is 18.8. The van der Waals surface area contributed by atoms with E-state index in [0.29, 0.717) is 10.7 Å². The normalized spacial score (nSPS) is 12.0. The highest BCUT2D eigenvalue weighted by atomic mass is 35.5. The van der Waals surface area contributed by atoms with E-state index in [4.69, 9.17) is 16.6 Å². The smallest absolute Gasteiger partial charge is 0.258 e. The van der Waals surface area contributed by atoms with Crippen LogP contribution in [0.2, 0.25) is 5.28 Å². The Hall–Kier alpha value is -3.49. The zero-order chi connectivity index (χ0) is 24.0. The molecular formula is C25H22ClN5O2S. The summed E-state index contributed by atoms with van der Waals surface area (Å²) in [7, 11) is -1.36. The zero-order valence-corrected chi connectivity index (χ0v) is 20.4. The fraction of sp³-hybridized carbons (Fsp3) is 0.160. The van der Waals surface area contributed by atoms with Gasteiger partial charge in [0.1, 0.15) is 5.82 Å². The molecule has 0 amide bonds. The van der Waals surface area contributed by atoms with Crippen molar-refractivity contribution in [2.45, 2.75) is 24.0 Å². The lowest BCUT2D eigenvalue weighted by Crippen LogP contribution is -2.13. The molecule has 172 valence electrons. The Balaban J connectivity index is 1.56. The van der Waals surface area contributed by atoms with Gasteiger partial charge in [-0.2, -0.15) is 4.98 Å². The van der Waals surface area contributed by atoms with Crippen LogP contribution in [0.3, 0.4) is 0 Å². The number of para-hydroxylation sites is 1. The van der Waals surface area contributed by atoms with E-state index in [1.165, 1.54) is 0 Å². The van der Waals surface area contributed by atoms with Crippen molar-refractivity contribution < 1.29 is 8.42 Å². The average Bonchev–Trinajstić information content (AvgIpc) is 3.24. The first kappa shape index (κ1) is 22.3. The Kier molecular flexibility index (Phi) is 5.50. The number of halogens is 1. The van der Waals surface area contributed by atoms with Crippen molar-refractivity contribution in [3.05, 3.63) is 78.1 Å². The summed E-state index contributed by atoms with van der Waals surface area (Å²) in [5, 5.41) is 8.78. The molecule has 0 saturated carbocycles.